The molecule has 1 N–H and O–H groups in total. The number of benzene rings is 2. The van der Waals surface area contributed by atoms with Crippen molar-refractivity contribution in [2.75, 3.05) is 0 Å². The number of alkyl halides is 3. The Morgan fingerprint density at radius 3 is 2.17 bits per heavy atom. The van der Waals surface area contributed by atoms with E-state index in [0.29, 0.717) is 11.8 Å². The lowest BCUT2D eigenvalue weighted by molar-refractivity contribution is -0.137. The van der Waals surface area contributed by atoms with Gasteiger partial charge in [-0.1, -0.05) is 38.4 Å². The third-order valence-corrected chi connectivity index (χ3v) is 4.03. The molecule has 0 radical (unpaired) electrons. The van der Waals surface area contributed by atoms with Crippen molar-refractivity contribution in [2.45, 2.75) is 32.4 Å². The van der Waals surface area contributed by atoms with Crippen molar-refractivity contribution in [3.8, 4) is 16.9 Å². The molecule has 0 aromatic heterocycles. The zero-order valence-corrected chi connectivity index (χ0v) is 14.1. The lowest BCUT2D eigenvalue weighted by Crippen LogP contribution is -2.12. The van der Waals surface area contributed by atoms with Gasteiger partial charge in [-0.2, -0.15) is 13.2 Å². The Kier molecular flexibility index (Phi) is 4.68. The number of hydrogen-bond acceptors (Lipinski definition) is 2. The van der Waals surface area contributed by atoms with Crippen molar-refractivity contribution in [3.63, 3.8) is 0 Å². The molecule has 2 aromatic carbocycles. The molecule has 0 aliphatic heterocycles. The molecule has 0 amide bonds. The second-order valence-electron chi connectivity index (χ2n) is 6.52. The zero-order chi connectivity index (χ0) is 18.3. The van der Waals surface area contributed by atoms with E-state index < -0.39 is 16.8 Å². The minimum Gasteiger partial charge on any atom is -0.507 e. The lowest BCUT2D eigenvalue weighted by atomic mass is 9.84. The van der Waals surface area contributed by atoms with Crippen molar-refractivity contribution in [1.29, 1.82) is 0 Å². The third kappa shape index (κ3) is 3.56. The van der Waals surface area contributed by atoms with Crippen molar-refractivity contribution < 1.29 is 23.1 Å². The molecule has 2 nitrogen and oxygen atoms in total. The van der Waals surface area contributed by atoms with Gasteiger partial charge < -0.3 is 5.11 Å². The largest absolute Gasteiger partial charge is 0.507 e. The maximum Gasteiger partial charge on any atom is 0.417 e. The molecule has 2 rings (SSSR count). The maximum atomic E-state index is 12.8. The molecule has 0 bridgehead atoms. The summed E-state index contributed by atoms with van der Waals surface area (Å²) in [7, 11) is 0. The van der Waals surface area contributed by atoms with E-state index in [0.717, 1.165) is 17.7 Å². The van der Waals surface area contributed by atoms with Crippen LogP contribution in [0.5, 0.6) is 5.75 Å². The number of hydrogen-bond donors (Lipinski definition) is 1. The number of halogens is 4. The van der Waals surface area contributed by atoms with Gasteiger partial charge in [-0.3, -0.25) is 4.79 Å². The van der Waals surface area contributed by atoms with Gasteiger partial charge in [-0.25, -0.2) is 0 Å². The van der Waals surface area contributed by atoms with Gasteiger partial charge in [0.1, 0.15) is 5.75 Å². The van der Waals surface area contributed by atoms with Crippen molar-refractivity contribution >= 4 is 17.9 Å². The molecule has 6 heteroatoms. The van der Waals surface area contributed by atoms with Gasteiger partial charge in [0.2, 0.25) is 0 Å². The molecule has 24 heavy (non-hydrogen) atoms. The first-order valence-corrected chi connectivity index (χ1v) is 7.52. The Hall–Kier alpha value is -2.01. The Balaban J connectivity index is 2.68. The Morgan fingerprint density at radius 2 is 1.71 bits per heavy atom. The molecule has 0 saturated carbocycles. The average Bonchev–Trinajstić information content (AvgIpc) is 2.44. The predicted octanol–water partition coefficient (Wildman–Crippen LogP) is 5.84. The molecular weight excluding hydrogens is 341 g/mol. The van der Waals surface area contributed by atoms with E-state index in [9.17, 15) is 23.1 Å². The van der Waals surface area contributed by atoms with Crippen LogP contribution in [0, 0.1) is 0 Å². The summed E-state index contributed by atoms with van der Waals surface area (Å²) in [6.07, 6.45) is -4.04. The first-order valence-electron chi connectivity index (χ1n) is 7.15. The highest BCUT2D eigenvalue weighted by molar-refractivity contribution is 6.31. The highest BCUT2D eigenvalue weighted by Crippen LogP contribution is 2.40. The van der Waals surface area contributed by atoms with Gasteiger partial charge in [-0.15, -0.1) is 0 Å². The fourth-order valence-corrected chi connectivity index (χ4v) is 2.60. The summed E-state index contributed by atoms with van der Waals surface area (Å²) in [5.41, 5.74) is 0.160. The quantitative estimate of drug-likeness (QED) is 0.686. The number of rotatable bonds is 2. The van der Waals surface area contributed by atoms with Gasteiger partial charge in [0.25, 0.3) is 0 Å². The third-order valence-electron chi connectivity index (χ3n) is 3.72. The highest BCUT2D eigenvalue weighted by atomic mass is 35.5. The number of phenols is 1. The molecule has 128 valence electrons. The van der Waals surface area contributed by atoms with Gasteiger partial charge in [0.05, 0.1) is 16.1 Å². The van der Waals surface area contributed by atoms with Crippen LogP contribution in [0.25, 0.3) is 11.1 Å². The molecule has 0 heterocycles. The van der Waals surface area contributed by atoms with E-state index in [1.165, 1.54) is 6.07 Å². The summed E-state index contributed by atoms with van der Waals surface area (Å²) in [5.74, 6) is -0.283. The average molecular weight is 357 g/mol. The number of aldehydes is 1. The fourth-order valence-electron chi connectivity index (χ4n) is 2.31. The SMILES string of the molecule is CC(C)(C)c1cc(C=O)c(O)c(-c2ccc(C(F)(F)F)c(Cl)c2)c1. The van der Waals surface area contributed by atoms with Gasteiger partial charge >= 0.3 is 6.18 Å². The van der Waals surface area contributed by atoms with Crippen LogP contribution in [0.4, 0.5) is 13.2 Å². The summed E-state index contributed by atoms with van der Waals surface area (Å²) in [4.78, 5) is 11.2. The molecule has 0 unspecified atom stereocenters. The summed E-state index contributed by atoms with van der Waals surface area (Å²) in [6, 6.07) is 6.45. The molecule has 0 saturated heterocycles. The molecule has 0 atom stereocenters. The van der Waals surface area contributed by atoms with Crippen LogP contribution in [-0.2, 0) is 11.6 Å². The van der Waals surface area contributed by atoms with Crippen molar-refractivity contribution in [1.82, 2.24) is 0 Å². The molecule has 0 spiro atoms. The maximum absolute atomic E-state index is 12.8. The Morgan fingerprint density at radius 1 is 1.08 bits per heavy atom. The second-order valence-corrected chi connectivity index (χ2v) is 6.93. The normalized spacial score (nSPS) is 12.3. The summed E-state index contributed by atoms with van der Waals surface area (Å²) in [6.45, 7) is 5.78. The first kappa shape index (κ1) is 18.3. The number of aromatic hydroxyl groups is 1. The minimum absolute atomic E-state index is 0.0773. The van der Waals surface area contributed by atoms with Crippen molar-refractivity contribution in [2.24, 2.45) is 0 Å². The second kappa shape index (κ2) is 6.13. The smallest absolute Gasteiger partial charge is 0.417 e. The molecule has 2 aromatic rings. The summed E-state index contributed by atoms with van der Waals surface area (Å²) >= 11 is 5.75. The Bertz CT molecular complexity index is 790. The number of carbonyl (C=O) groups excluding carboxylic acids is 1. The van der Waals surface area contributed by atoms with Crippen LogP contribution in [0.1, 0.15) is 42.3 Å². The molecular formula is C18H16ClF3O2. The standard InChI is InChI=1S/C18H16ClF3O2/c1-17(2,3)12-6-11(9-23)16(24)13(8-12)10-4-5-14(15(19)7-10)18(20,21)22/h4-9,24H,1-3H3. The van der Waals surface area contributed by atoms with Gasteiger partial charge in [0.15, 0.2) is 6.29 Å². The van der Waals surface area contributed by atoms with Gasteiger partial charge in [0, 0.05) is 5.56 Å². The van der Waals surface area contributed by atoms with E-state index in [1.807, 2.05) is 20.8 Å². The molecule has 0 aliphatic rings. The van der Waals surface area contributed by atoms with E-state index >= 15 is 0 Å². The van der Waals surface area contributed by atoms with E-state index in [2.05, 4.69) is 0 Å². The van der Waals surface area contributed by atoms with Crippen LogP contribution >= 0.6 is 11.6 Å². The number of carbonyl (C=O) groups is 1. The van der Waals surface area contributed by atoms with Crippen LogP contribution < -0.4 is 0 Å². The first-order chi connectivity index (χ1) is 10.9. The Labute approximate surface area is 142 Å². The van der Waals surface area contributed by atoms with E-state index in [1.54, 1.807) is 12.1 Å². The number of phenolic OH excluding ortho intramolecular Hbond substituents is 1. The van der Waals surface area contributed by atoms with Crippen molar-refractivity contribution in [3.05, 3.63) is 52.0 Å². The monoisotopic (exact) mass is 356 g/mol. The van der Waals surface area contributed by atoms with Crippen LogP contribution in [0.15, 0.2) is 30.3 Å². The fraction of sp³-hybridized carbons (Fsp3) is 0.278. The minimum atomic E-state index is -4.56. The highest BCUT2D eigenvalue weighted by Gasteiger charge is 2.33. The molecule has 0 aliphatic carbocycles. The van der Waals surface area contributed by atoms with Crippen LogP contribution in [0.3, 0.4) is 0 Å². The summed E-state index contributed by atoms with van der Waals surface area (Å²) in [5, 5.41) is 9.79. The predicted molar refractivity (Wildman–Crippen MR) is 87.6 cm³/mol. The van der Waals surface area contributed by atoms with Gasteiger partial charge in [-0.05, 0) is 40.8 Å². The van der Waals surface area contributed by atoms with E-state index in [4.69, 9.17) is 11.6 Å². The zero-order valence-electron chi connectivity index (χ0n) is 13.3. The molecule has 0 fully saturated rings. The topological polar surface area (TPSA) is 37.3 Å². The van der Waals surface area contributed by atoms with E-state index in [-0.39, 0.29) is 22.3 Å². The van der Waals surface area contributed by atoms with Crippen LogP contribution in [0.2, 0.25) is 5.02 Å². The van der Waals surface area contributed by atoms with Crippen LogP contribution in [-0.4, -0.2) is 11.4 Å². The lowest BCUT2D eigenvalue weighted by Gasteiger charge is -2.21. The summed E-state index contributed by atoms with van der Waals surface area (Å²) < 4.78 is 38.5.